The van der Waals surface area contributed by atoms with E-state index in [2.05, 4.69) is 10.4 Å². The summed E-state index contributed by atoms with van der Waals surface area (Å²) in [5.41, 5.74) is 1.06. The Morgan fingerprint density at radius 1 is 1.40 bits per heavy atom. The lowest BCUT2D eigenvalue weighted by Crippen LogP contribution is -2.15. The van der Waals surface area contributed by atoms with E-state index in [1.807, 2.05) is 35.1 Å². The maximum Gasteiger partial charge on any atom is 0.157 e. The molecule has 5 heteroatoms. The maximum absolute atomic E-state index is 6.15. The quantitative estimate of drug-likeness (QED) is 0.920. The lowest BCUT2D eigenvalue weighted by molar-refractivity contribution is 0.260. The molecule has 1 aromatic carbocycles. The Morgan fingerprint density at radius 2 is 2.30 bits per heavy atom. The fourth-order valence-electron chi connectivity index (χ4n) is 2.38. The van der Waals surface area contributed by atoms with Gasteiger partial charge in [-0.1, -0.05) is 29.8 Å². The molecule has 2 heterocycles. The number of ether oxygens (including phenoxy) is 1. The van der Waals surface area contributed by atoms with Gasteiger partial charge in [-0.05, 0) is 24.6 Å². The van der Waals surface area contributed by atoms with Crippen LogP contribution in [0.2, 0.25) is 5.02 Å². The van der Waals surface area contributed by atoms with E-state index in [0.717, 1.165) is 36.0 Å². The molecule has 106 valence electrons. The minimum absolute atomic E-state index is 0.613. The predicted molar refractivity (Wildman–Crippen MR) is 79.3 cm³/mol. The molecule has 1 unspecified atom stereocenters. The van der Waals surface area contributed by atoms with Gasteiger partial charge in [-0.2, -0.15) is 5.10 Å². The van der Waals surface area contributed by atoms with Crippen LogP contribution in [0.4, 0.5) is 0 Å². The molecular weight excluding hydrogens is 274 g/mol. The molecule has 2 aromatic rings. The molecule has 1 aliphatic rings. The van der Waals surface area contributed by atoms with Crippen LogP contribution in [0.25, 0.3) is 0 Å². The summed E-state index contributed by atoms with van der Waals surface area (Å²) in [6.45, 7) is 3.56. The van der Waals surface area contributed by atoms with E-state index in [9.17, 15) is 0 Å². The van der Waals surface area contributed by atoms with Crippen molar-refractivity contribution >= 4 is 11.6 Å². The highest BCUT2D eigenvalue weighted by molar-refractivity contribution is 6.31. The lowest BCUT2D eigenvalue weighted by atomic mass is 10.1. The number of hydrogen-bond acceptors (Lipinski definition) is 3. The van der Waals surface area contributed by atoms with Gasteiger partial charge in [0, 0.05) is 17.5 Å². The Hall–Kier alpha value is -1.52. The largest absolute Gasteiger partial charge is 0.490 e. The number of benzene rings is 1. The Kier molecular flexibility index (Phi) is 4.23. The molecule has 0 radical (unpaired) electrons. The molecule has 0 amide bonds. The van der Waals surface area contributed by atoms with Crippen LogP contribution in [-0.2, 0) is 6.54 Å². The van der Waals surface area contributed by atoms with E-state index in [1.165, 1.54) is 6.42 Å². The molecule has 4 nitrogen and oxygen atoms in total. The smallest absolute Gasteiger partial charge is 0.157 e. The third-order valence-electron chi connectivity index (χ3n) is 3.55. The normalized spacial score (nSPS) is 18.4. The summed E-state index contributed by atoms with van der Waals surface area (Å²) in [5.74, 6) is 1.44. The van der Waals surface area contributed by atoms with Crippen molar-refractivity contribution in [2.75, 3.05) is 19.7 Å². The molecule has 1 fully saturated rings. The van der Waals surface area contributed by atoms with Gasteiger partial charge >= 0.3 is 0 Å². The van der Waals surface area contributed by atoms with E-state index in [1.54, 1.807) is 6.20 Å². The third-order valence-corrected chi connectivity index (χ3v) is 3.92. The second-order valence-corrected chi connectivity index (χ2v) is 5.54. The van der Waals surface area contributed by atoms with E-state index >= 15 is 0 Å². The summed E-state index contributed by atoms with van der Waals surface area (Å²) in [7, 11) is 0. The van der Waals surface area contributed by atoms with Crippen molar-refractivity contribution in [1.29, 1.82) is 0 Å². The fraction of sp³-hybridized carbons (Fsp3) is 0.400. The number of hydrogen-bond donors (Lipinski definition) is 1. The first-order chi connectivity index (χ1) is 9.81. The lowest BCUT2D eigenvalue weighted by Gasteiger charge is -2.08. The first-order valence-electron chi connectivity index (χ1n) is 6.90. The molecule has 0 bridgehead atoms. The number of aromatic nitrogens is 2. The molecule has 1 aliphatic heterocycles. The van der Waals surface area contributed by atoms with Crippen molar-refractivity contribution < 1.29 is 4.74 Å². The average molecular weight is 292 g/mol. The third kappa shape index (κ3) is 3.32. The predicted octanol–water partition coefficient (Wildman–Crippen LogP) is 2.57. The Labute approximate surface area is 123 Å². The molecular formula is C15H18ClN3O. The Balaban J connectivity index is 1.57. The minimum atomic E-state index is 0.613. The topological polar surface area (TPSA) is 39.1 Å². The van der Waals surface area contributed by atoms with Gasteiger partial charge in [0.15, 0.2) is 5.75 Å². The SMILES string of the molecule is Clc1ccccc1Cn1cc(OCC2CCNC2)cn1. The summed E-state index contributed by atoms with van der Waals surface area (Å²) in [5, 5.41) is 8.42. The average Bonchev–Trinajstić information content (AvgIpc) is 3.10. The summed E-state index contributed by atoms with van der Waals surface area (Å²) < 4.78 is 7.63. The van der Waals surface area contributed by atoms with Gasteiger partial charge in [0.2, 0.25) is 0 Å². The van der Waals surface area contributed by atoms with Crippen molar-refractivity contribution in [3.63, 3.8) is 0 Å². The zero-order valence-corrected chi connectivity index (χ0v) is 12.0. The molecule has 1 atom stereocenters. The van der Waals surface area contributed by atoms with Crippen LogP contribution in [0.1, 0.15) is 12.0 Å². The second-order valence-electron chi connectivity index (χ2n) is 5.13. The molecule has 3 rings (SSSR count). The van der Waals surface area contributed by atoms with Crippen molar-refractivity contribution in [1.82, 2.24) is 15.1 Å². The summed E-state index contributed by atoms with van der Waals surface area (Å²) in [6, 6.07) is 7.81. The first kappa shape index (κ1) is 13.5. The molecule has 0 aliphatic carbocycles. The summed E-state index contributed by atoms with van der Waals surface area (Å²) in [6.07, 6.45) is 4.87. The fourth-order valence-corrected chi connectivity index (χ4v) is 2.57. The molecule has 1 N–H and O–H groups in total. The summed E-state index contributed by atoms with van der Waals surface area (Å²) in [4.78, 5) is 0. The van der Waals surface area contributed by atoms with Crippen molar-refractivity contribution in [3.8, 4) is 5.75 Å². The first-order valence-corrected chi connectivity index (χ1v) is 7.28. The molecule has 0 spiro atoms. The van der Waals surface area contributed by atoms with Crippen LogP contribution in [0.5, 0.6) is 5.75 Å². The van der Waals surface area contributed by atoms with Crippen LogP contribution < -0.4 is 10.1 Å². The van der Waals surface area contributed by atoms with Crippen molar-refractivity contribution in [2.24, 2.45) is 5.92 Å². The molecule has 20 heavy (non-hydrogen) atoms. The van der Waals surface area contributed by atoms with E-state index in [-0.39, 0.29) is 0 Å². The van der Waals surface area contributed by atoms with Gasteiger partial charge in [0.05, 0.1) is 25.5 Å². The highest BCUT2D eigenvalue weighted by Gasteiger charge is 2.15. The zero-order valence-electron chi connectivity index (χ0n) is 11.3. The van der Waals surface area contributed by atoms with Crippen molar-refractivity contribution in [2.45, 2.75) is 13.0 Å². The molecule has 1 aromatic heterocycles. The van der Waals surface area contributed by atoms with Crippen LogP contribution in [-0.4, -0.2) is 29.5 Å². The van der Waals surface area contributed by atoms with E-state index < -0.39 is 0 Å². The van der Waals surface area contributed by atoms with Crippen LogP contribution in [0, 0.1) is 5.92 Å². The number of halogens is 1. The number of nitrogens with one attached hydrogen (secondary N) is 1. The standard InChI is InChI=1S/C15H18ClN3O/c16-15-4-2-1-3-13(15)9-19-10-14(8-18-19)20-11-12-5-6-17-7-12/h1-4,8,10,12,17H,5-7,9,11H2. The maximum atomic E-state index is 6.15. The minimum Gasteiger partial charge on any atom is -0.490 e. The van der Waals surface area contributed by atoms with Gasteiger partial charge in [0.1, 0.15) is 0 Å². The van der Waals surface area contributed by atoms with Gasteiger partial charge in [-0.25, -0.2) is 0 Å². The zero-order chi connectivity index (χ0) is 13.8. The van der Waals surface area contributed by atoms with Crippen LogP contribution >= 0.6 is 11.6 Å². The molecule has 0 saturated carbocycles. The Morgan fingerprint density at radius 3 is 3.10 bits per heavy atom. The highest BCUT2D eigenvalue weighted by Crippen LogP contribution is 2.18. The van der Waals surface area contributed by atoms with Gasteiger partial charge < -0.3 is 10.1 Å². The monoisotopic (exact) mass is 291 g/mol. The number of rotatable bonds is 5. The molecule has 1 saturated heterocycles. The summed E-state index contributed by atoms with van der Waals surface area (Å²) >= 11 is 6.15. The second kappa shape index (κ2) is 6.29. The van der Waals surface area contributed by atoms with Crippen LogP contribution in [0.15, 0.2) is 36.7 Å². The van der Waals surface area contributed by atoms with Gasteiger partial charge in [-0.3, -0.25) is 4.68 Å². The Bertz CT molecular complexity index is 564. The van der Waals surface area contributed by atoms with Gasteiger partial charge in [0.25, 0.3) is 0 Å². The van der Waals surface area contributed by atoms with Gasteiger partial charge in [-0.15, -0.1) is 0 Å². The van der Waals surface area contributed by atoms with Crippen molar-refractivity contribution in [3.05, 3.63) is 47.2 Å². The number of nitrogens with zero attached hydrogens (tertiary/aromatic N) is 2. The van der Waals surface area contributed by atoms with Crippen LogP contribution in [0.3, 0.4) is 0 Å². The van der Waals surface area contributed by atoms with E-state index in [0.29, 0.717) is 12.5 Å². The highest BCUT2D eigenvalue weighted by atomic mass is 35.5. The van der Waals surface area contributed by atoms with E-state index in [4.69, 9.17) is 16.3 Å².